The topological polar surface area (TPSA) is 0 Å². The van der Waals surface area contributed by atoms with Crippen LogP contribution < -0.4 is 0 Å². The Bertz CT molecular complexity index is 495. The number of benzene rings is 1. The molecule has 0 bridgehead atoms. The molecule has 0 amide bonds. The van der Waals surface area contributed by atoms with Crippen LogP contribution in [0.1, 0.15) is 80.2 Å². The quantitative estimate of drug-likeness (QED) is 0.364. The molecular formula is C24H41P. The number of aryl methyl sites for hydroxylation is 1. The molecule has 0 aliphatic carbocycles. The molecule has 0 saturated carbocycles. The molecule has 0 unspecified atom stereocenters. The SMILES string of the molecule is C/C=C\C=C(/CCCC)P(C(C)(C)C)C(C)(C)C.Cc1ccccc1. The monoisotopic (exact) mass is 360 g/mol. The van der Waals surface area contributed by atoms with Gasteiger partial charge in [-0.25, -0.2) is 0 Å². The molecule has 0 radical (unpaired) electrons. The first kappa shape index (κ1) is 24.1. The van der Waals surface area contributed by atoms with Crippen LogP contribution in [0.25, 0.3) is 0 Å². The van der Waals surface area contributed by atoms with Crippen molar-refractivity contribution in [2.75, 3.05) is 0 Å². The van der Waals surface area contributed by atoms with Crippen molar-refractivity contribution >= 4 is 7.92 Å². The Morgan fingerprint density at radius 2 is 1.48 bits per heavy atom. The van der Waals surface area contributed by atoms with Gasteiger partial charge in [-0.2, -0.15) is 0 Å². The molecule has 1 rings (SSSR count). The van der Waals surface area contributed by atoms with Gasteiger partial charge in [0.2, 0.25) is 0 Å². The Morgan fingerprint density at radius 1 is 0.960 bits per heavy atom. The number of allylic oxidation sites excluding steroid dienone is 4. The van der Waals surface area contributed by atoms with Crippen molar-refractivity contribution in [1.82, 2.24) is 0 Å². The summed E-state index contributed by atoms with van der Waals surface area (Å²) >= 11 is 0. The average molecular weight is 361 g/mol. The Morgan fingerprint density at radius 3 is 1.80 bits per heavy atom. The molecule has 0 aliphatic heterocycles. The number of hydrogen-bond donors (Lipinski definition) is 0. The number of hydrogen-bond acceptors (Lipinski definition) is 0. The van der Waals surface area contributed by atoms with E-state index in [2.05, 4.69) is 92.7 Å². The van der Waals surface area contributed by atoms with E-state index in [0.29, 0.717) is 10.3 Å². The Labute approximate surface area is 159 Å². The fourth-order valence-electron chi connectivity index (χ4n) is 3.24. The summed E-state index contributed by atoms with van der Waals surface area (Å²) in [5, 5.41) is 2.45. The molecule has 1 aromatic rings. The summed E-state index contributed by atoms with van der Waals surface area (Å²) in [6.45, 7) is 20.9. The second kappa shape index (κ2) is 11.7. The smallest absolute Gasteiger partial charge is 0.0138 e. The van der Waals surface area contributed by atoms with Crippen molar-refractivity contribution in [3.63, 3.8) is 0 Å². The van der Waals surface area contributed by atoms with Crippen LogP contribution >= 0.6 is 7.92 Å². The van der Waals surface area contributed by atoms with Crippen molar-refractivity contribution in [2.45, 2.75) is 91.9 Å². The van der Waals surface area contributed by atoms with Gasteiger partial charge in [0.15, 0.2) is 0 Å². The fraction of sp³-hybridized carbons (Fsp3) is 0.583. The number of rotatable bonds is 5. The van der Waals surface area contributed by atoms with Crippen LogP contribution in [0.4, 0.5) is 0 Å². The first-order valence-corrected chi connectivity index (χ1v) is 11.0. The maximum Gasteiger partial charge on any atom is -0.0138 e. The van der Waals surface area contributed by atoms with E-state index in [9.17, 15) is 0 Å². The maximum atomic E-state index is 2.40. The van der Waals surface area contributed by atoms with Crippen LogP contribution in [0, 0.1) is 6.92 Å². The molecule has 0 atom stereocenters. The Kier molecular flexibility index (Phi) is 11.3. The van der Waals surface area contributed by atoms with Crippen molar-refractivity contribution in [3.05, 3.63) is 59.4 Å². The maximum absolute atomic E-state index is 2.40. The van der Waals surface area contributed by atoms with E-state index in [4.69, 9.17) is 0 Å². The summed E-state index contributed by atoms with van der Waals surface area (Å²) in [4.78, 5) is 0. The molecule has 0 aromatic heterocycles. The third kappa shape index (κ3) is 10.7. The predicted molar refractivity (Wildman–Crippen MR) is 120 cm³/mol. The molecule has 1 aromatic carbocycles. The molecule has 0 saturated heterocycles. The van der Waals surface area contributed by atoms with Gasteiger partial charge in [0, 0.05) is 0 Å². The first-order valence-electron chi connectivity index (χ1n) is 9.67. The van der Waals surface area contributed by atoms with Gasteiger partial charge in [0.1, 0.15) is 0 Å². The lowest BCUT2D eigenvalue weighted by Gasteiger charge is -2.43. The van der Waals surface area contributed by atoms with Crippen LogP contribution in [-0.2, 0) is 0 Å². The summed E-state index contributed by atoms with van der Waals surface area (Å²) in [6, 6.07) is 10.3. The van der Waals surface area contributed by atoms with Gasteiger partial charge in [-0.1, -0.05) is 117 Å². The third-order valence-corrected chi connectivity index (χ3v) is 7.47. The van der Waals surface area contributed by atoms with Crippen LogP contribution in [0.3, 0.4) is 0 Å². The third-order valence-electron chi connectivity index (χ3n) is 3.84. The molecule has 0 fully saturated rings. The highest BCUT2D eigenvalue weighted by Crippen LogP contribution is 2.65. The van der Waals surface area contributed by atoms with E-state index in [1.165, 1.54) is 24.8 Å². The van der Waals surface area contributed by atoms with Crippen molar-refractivity contribution in [3.8, 4) is 0 Å². The van der Waals surface area contributed by atoms with Crippen LogP contribution in [0.5, 0.6) is 0 Å². The molecule has 0 heterocycles. The molecular weight excluding hydrogens is 319 g/mol. The van der Waals surface area contributed by atoms with E-state index in [1.807, 2.05) is 18.2 Å². The summed E-state index contributed by atoms with van der Waals surface area (Å²) in [5.74, 6) is 0. The van der Waals surface area contributed by atoms with Gasteiger partial charge in [-0.05, 0) is 42.3 Å². The Hall–Kier alpha value is -0.870. The highest BCUT2D eigenvalue weighted by Gasteiger charge is 2.36. The minimum atomic E-state index is -0.120. The molecule has 142 valence electrons. The molecule has 1 heteroatoms. The molecule has 0 nitrogen and oxygen atoms in total. The van der Waals surface area contributed by atoms with Crippen LogP contribution in [0.15, 0.2) is 53.9 Å². The molecule has 0 spiro atoms. The summed E-state index contributed by atoms with van der Waals surface area (Å²) in [6.07, 6.45) is 10.6. The lowest BCUT2D eigenvalue weighted by Crippen LogP contribution is -2.25. The highest BCUT2D eigenvalue weighted by molar-refractivity contribution is 7.65. The van der Waals surface area contributed by atoms with Gasteiger partial charge in [-0.15, -0.1) is 0 Å². The van der Waals surface area contributed by atoms with Crippen molar-refractivity contribution in [1.29, 1.82) is 0 Å². The normalized spacial score (nSPS) is 13.1. The van der Waals surface area contributed by atoms with Crippen molar-refractivity contribution < 1.29 is 0 Å². The first-order chi connectivity index (χ1) is 11.5. The lowest BCUT2D eigenvalue weighted by atomic mass is 10.2. The molecule has 0 N–H and O–H groups in total. The second-order valence-electron chi connectivity index (χ2n) is 8.62. The predicted octanol–water partition coefficient (Wildman–Crippen LogP) is 8.71. The Balaban J connectivity index is 0.000000676. The average Bonchev–Trinajstić information content (AvgIpc) is 2.48. The summed E-state index contributed by atoms with van der Waals surface area (Å²) < 4.78 is 0. The van der Waals surface area contributed by atoms with Crippen LogP contribution in [-0.4, -0.2) is 10.3 Å². The van der Waals surface area contributed by atoms with Gasteiger partial charge in [0.25, 0.3) is 0 Å². The fourth-order valence-corrected chi connectivity index (χ4v) is 7.59. The summed E-state index contributed by atoms with van der Waals surface area (Å²) in [7, 11) is -0.120. The van der Waals surface area contributed by atoms with Crippen molar-refractivity contribution in [2.24, 2.45) is 0 Å². The zero-order chi connectivity index (χ0) is 19.5. The van der Waals surface area contributed by atoms with E-state index >= 15 is 0 Å². The van der Waals surface area contributed by atoms with Gasteiger partial charge < -0.3 is 0 Å². The van der Waals surface area contributed by atoms with Gasteiger partial charge in [0.05, 0.1) is 0 Å². The largest absolute Gasteiger partial charge is 0.0876 e. The standard InChI is InChI=1S/C17H33P.C7H8/c1-9-11-13-15(14-12-10-2)18(16(3,4)5)17(6,7)8;1-7-5-3-2-4-6-7/h9,11,13H,10,12,14H2,1-8H3;2-6H,1H3/b11-9-,15-13+;. The summed E-state index contributed by atoms with van der Waals surface area (Å²) in [5.41, 5.74) is 1.32. The van der Waals surface area contributed by atoms with Gasteiger partial charge >= 0.3 is 0 Å². The van der Waals surface area contributed by atoms with Crippen LogP contribution in [0.2, 0.25) is 0 Å². The lowest BCUT2D eigenvalue weighted by molar-refractivity contribution is 0.703. The number of unbranched alkanes of at least 4 members (excludes halogenated alkanes) is 1. The second-order valence-corrected chi connectivity index (χ2v) is 12.5. The molecule has 0 aliphatic rings. The van der Waals surface area contributed by atoms with E-state index in [1.54, 1.807) is 5.31 Å². The zero-order valence-electron chi connectivity index (χ0n) is 18.2. The van der Waals surface area contributed by atoms with E-state index in [-0.39, 0.29) is 7.92 Å². The highest BCUT2D eigenvalue weighted by atomic mass is 31.1. The van der Waals surface area contributed by atoms with E-state index < -0.39 is 0 Å². The minimum absolute atomic E-state index is 0.120. The molecule has 25 heavy (non-hydrogen) atoms. The zero-order valence-corrected chi connectivity index (χ0v) is 19.1. The minimum Gasteiger partial charge on any atom is -0.0876 e. The van der Waals surface area contributed by atoms with E-state index in [0.717, 1.165) is 0 Å². The van der Waals surface area contributed by atoms with Gasteiger partial charge in [-0.3, -0.25) is 0 Å².